The molecule has 2 atom stereocenters. The van der Waals surface area contributed by atoms with Gasteiger partial charge in [0.25, 0.3) is 5.91 Å². The molecular weight excluding hydrogens is 563 g/mol. The molecule has 2 fully saturated rings. The monoisotopic (exact) mass is 591 g/mol. The summed E-state index contributed by atoms with van der Waals surface area (Å²) in [4.78, 5) is 40.7. The zero-order valence-corrected chi connectivity index (χ0v) is 23.0. The minimum absolute atomic E-state index is 0.0473. The number of hydrogen-bond acceptors (Lipinski definition) is 8. The molecule has 5 rings (SSSR count). The Morgan fingerprint density at radius 2 is 1.85 bits per heavy atom. The molecule has 2 saturated heterocycles. The van der Waals surface area contributed by atoms with Crippen LogP contribution in [0.15, 0.2) is 36.7 Å². The van der Waals surface area contributed by atoms with Crippen molar-refractivity contribution >= 4 is 40.1 Å². The number of fused-ring (bicyclic) bond motifs is 1. The lowest BCUT2D eigenvalue weighted by molar-refractivity contribution is -0.145. The minimum atomic E-state index is -4.65. The lowest BCUT2D eigenvalue weighted by atomic mass is 10.1. The fourth-order valence-electron chi connectivity index (χ4n) is 5.23. The SMILES string of the molecule is CC(=O)NC1CCN(c2ccc3c(C(=O)NCC(c4cnc(C(F)(F)F)nc4)N4CCOCC4)c(Cl)ccc3n2)C1. The number of carbonyl (C=O) groups excluding carboxylic acids is 2. The molecule has 14 heteroatoms. The largest absolute Gasteiger partial charge is 0.451 e. The first-order valence-electron chi connectivity index (χ1n) is 13.2. The number of benzene rings is 1. The molecule has 41 heavy (non-hydrogen) atoms. The third-order valence-corrected chi connectivity index (χ3v) is 7.52. The zero-order valence-electron chi connectivity index (χ0n) is 22.2. The predicted molar refractivity (Wildman–Crippen MR) is 146 cm³/mol. The smallest absolute Gasteiger partial charge is 0.379 e. The summed E-state index contributed by atoms with van der Waals surface area (Å²) in [5, 5.41) is 6.65. The van der Waals surface area contributed by atoms with Crippen LogP contribution in [0.4, 0.5) is 19.0 Å². The Balaban J connectivity index is 1.35. The number of morpholine rings is 1. The maximum Gasteiger partial charge on any atom is 0.451 e. The first kappa shape index (κ1) is 29.0. The van der Waals surface area contributed by atoms with Crippen LogP contribution in [0.1, 0.15) is 41.1 Å². The standard InChI is InChI=1S/C27H29ClF3N7O3/c1-16(39)35-18-6-7-38(15-18)23-5-2-19-21(36-23)4-3-20(28)24(19)25(40)32-14-22(37-8-10-41-11-9-37)17-12-33-26(34-13-17)27(29,30)31/h2-5,12-13,18,22H,6-11,14-15H2,1H3,(H,32,40)(H,35,39). The number of hydrogen-bond donors (Lipinski definition) is 2. The van der Waals surface area contributed by atoms with Crippen molar-refractivity contribution in [2.45, 2.75) is 31.6 Å². The van der Waals surface area contributed by atoms with E-state index in [4.69, 9.17) is 21.3 Å². The number of anilines is 1. The van der Waals surface area contributed by atoms with Crippen LogP contribution in [0, 0.1) is 0 Å². The number of alkyl halides is 3. The van der Waals surface area contributed by atoms with Gasteiger partial charge in [0.1, 0.15) is 5.82 Å². The molecule has 0 bridgehead atoms. The van der Waals surface area contributed by atoms with Gasteiger partial charge in [-0.2, -0.15) is 13.2 Å². The Kier molecular flexibility index (Phi) is 8.57. The van der Waals surface area contributed by atoms with Crippen LogP contribution in [-0.2, 0) is 15.7 Å². The molecule has 2 aromatic heterocycles. The molecule has 2 N–H and O–H groups in total. The molecule has 2 aliphatic rings. The highest BCUT2D eigenvalue weighted by atomic mass is 35.5. The highest BCUT2D eigenvalue weighted by molar-refractivity contribution is 6.35. The number of ether oxygens (including phenoxy) is 1. The van der Waals surface area contributed by atoms with E-state index in [2.05, 4.69) is 25.5 Å². The Hall–Kier alpha value is -3.55. The molecule has 4 heterocycles. The van der Waals surface area contributed by atoms with Gasteiger partial charge in [-0.3, -0.25) is 14.5 Å². The van der Waals surface area contributed by atoms with Crippen LogP contribution in [0.5, 0.6) is 0 Å². The summed E-state index contributed by atoms with van der Waals surface area (Å²) in [6.45, 7) is 4.93. The topological polar surface area (TPSA) is 113 Å². The maximum atomic E-state index is 13.5. The highest BCUT2D eigenvalue weighted by Gasteiger charge is 2.35. The molecule has 218 valence electrons. The quantitative estimate of drug-likeness (QED) is 0.431. The molecule has 0 aliphatic carbocycles. The summed E-state index contributed by atoms with van der Waals surface area (Å²) < 4.78 is 44.5. The number of nitrogens with zero attached hydrogens (tertiary/aromatic N) is 5. The molecule has 2 aliphatic heterocycles. The predicted octanol–water partition coefficient (Wildman–Crippen LogP) is 3.22. The number of pyridine rings is 1. The van der Waals surface area contributed by atoms with Gasteiger partial charge in [0.05, 0.1) is 35.4 Å². The summed E-state index contributed by atoms with van der Waals surface area (Å²) in [5.41, 5.74) is 1.28. The number of rotatable bonds is 7. The van der Waals surface area contributed by atoms with Crippen molar-refractivity contribution in [3.63, 3.8) is 0 Å². The van der Waals surface area contributed by atoms with Gasteiger partial charge in [0.2, 0.25) is 11.7 Å². The van der Waals surface area contributed by atoms with E-state index in [1.807, 2.05) is 11.0 Å². The molecule has 1 aromatic carbocycles. The third-order valence-electron chi connectivity index (χ3n) is 7.20. The van der Waals surface area contributed by atoms with Gasteiger partial charge < -0.3 is 20.3 Å². The number of aromatic nitrogens is 3. The van der Waals surface area contributed by atoms with Crippen LogP contribution >= 0.6 is 11.6 Å². The van der Waals surface area contributed by atoms with E-state index >= 15 is 0 Å². The average Bonchev–Trinajstić information content (AvgIpc) is 3.41. The van der Waals surface area contributed by atoms with E-state index in [1.165, 1.54) is 6.92 Å². The molecule has 2 amide bonds. The molecule has 0 saturated carbocycles. The van der Waals surface area contributed by atoms with Gasteiger partial charge in [0.15, 0.2) is 0 Å². The first-order valence-corrected chi connectivity index (χ1v) is 13.6. The van der Waals surface area contributed by atoms with Gasteiger partial charge in [-0.15, -0.1) is 0 Å². The molecule has 2 unspecified atom stereocenters. The van der Waals surface area contributed by atoms with Crippen molar-refractivity contribution in [2.75, 3.05) is 50.8 Å². The summed E-state index contributed by atoms with van der Waals surface area (Å²) in [6, 6.07) is 6.55. The molecular formula is C27H29ClF3N7O3. The number of nitrogens with one attached hydrogen (secondary N) is 2. The maximum absolute atomic E-state index is 13.5. The van der Waals surface area contributed by atoms with Crippen molar-refractivity contribution in [1.29, 1.82) is 0 Å². The summed E-state index contributed by atoms with van der Waals surface area (Å²) in [5.74, 6) is -1.00. The number of amides is 2. The Morgan fingerprint density at radius 1 is 1.12 bits per heavy atom. The molecule has 3 aromatic rings. The van der Waals surface area contributed by atoms with Crippen molar-refractivity contribution in [1.82, 2.24) is 30.5 Å². The Bertz CT molecular complexity index is 1420. The van der Waals surface area contributed by atoms with Crippen molar-refractivity contribution in [3.05, 3.63) is 58.6 Å². The van der Waals surface area contributed by atoms with E-state index in [9.17, 15) is 22.8 Å². The van der Waals surface area contributed by atoms with Gasteiger partial charge in [-0.05, 0) is 30.7 Å². The van der Waals surface area contributed by atoms with Crippen molar-refractivity contribution < 1.29 is 27.5 Å². The fraction of sp³-hybridized carbons (Fsp3) is 0.444. The highest BCUT2D eigenvalue weighted by Crippen LogP contribution is 2.30. The second-order valence-corrected chi connectivity index (χ2v) is 10.4. The number of carbonyl (C=O) groups is 2. The summed E-state index contributed by atoms with van der Waals surface area (Å²) in [6.07, 6.45) is -1.55. The van der Waals surface area contributed by atoms with E-state index in [0.29, 0.717) is 49.3 Å². The van der Waals surface area contributed by atoms with Crippen molar-refractivity contribution in [2.24, 2.45) is 0 Å². The Morgan fingerprint density at radius 3 is 2.54 bits per heavy atom. The van der Waals surface area contributed by atoms with E-state index in [1.54, 1.807) is 18.2 Å². The van der Waals surface area contributed by atoms with Crippen LogP contribution in [0.3, 0.4) is 0 Å². The molecule has 10 nitrogen and oxygen atoms in total. The molecule has 0 radical (unpaired) electrons. The minimum Gasteiger partial charge on any atom is -0.379 e. The van der Waals surface area contributed by atoms with Crippen LogP contribution in [0.2, 0.25) is 5.02 Å². The Labute approximate surface area is 239 Å². The number of halogens is 4. The lowest BCUT2D eigenvalue weighted by Gasteiger charge is -2.34. The fourth-order valence-corrected chi connectivity index (χ4v) is 5.48. The van der Waals surface area contributed by atoms with Crippen LogP contribution < -0.4 is 15.5 Å². The normalized spacial score (nSPS) is 18.9. The van der Waals surface area contributed by atoms with E-state index < -0.39 is 23.9 Å². The second-order valence-electron chi connectivity index (χ2n) is 10.0. The van der Waals surface area contributed by atoms with Gasteiger partial charge in [-0.25, -0.2) is 15.0 Å². The van der Waals surface area contributed by atoms with Crippen LogP contribution in [-0.4, -0.2) is 83.6 Å². The second kappa shape index (κ2) is 12.1. The van der Waals surface area contributed by atoms with Gasteiger partial charge in [-0.1, -0.05) is 11.6 Å². The van der Waals surface area contributed by atoms with Gasteiger partial charge in [0, 0.05) is 69.0 Å². The molecule has 0 spiro atoms. The van der Waals surface area contributed by atoms with Crippen molar-refractivity contribution in [3.8, 4) is 0 Å². The van der Waals surface area contributed by atoms with Crippen LogP contribution in [0.25, 0.3) is 10.9 Å². The first-order chi connectivity index (χ1) is 19.6. The van der Waals surface area contributed by atoms with Gasteiger partial charge >= 0.3 is 6.18 Å². The summed E-state index contributed by atoms with van der Waals surface area (Å²) >= 11 is 6.48. The van der Waals surface area contributed by atoms with E-state index in [-0.39, 0.29) is 29.1 Å². The van der Waals surface area contributed by atoms with E-state index in [0.717, 1.165) is 31.2 Å². The average molecular weight is 592 g/mol. The third kappa shape index (κ3) is 6.68. The lowest BCUT2D eigenvalue weighted by Crippen LogP contribution is -2.44. The zero-order chi connectivity index (χ0) is 29.1. The summed E-state index contributed by atoms with van der Waals surface area (Å²) in [7, 11) is 0.